The predicted octanol–water partition coefficient (Wildman–Crippen LogP) is 2.28. The van der Waals surface area contributed by atoms with Gasteiger partial charge in [0, 0.05) is 38.2 Å². The van der Waals surface area contributed by atoms with Crippen molar-refractivity contribution < 1.29 is 8.78 Å². The summed E-state index contributed by atoms with van der Waals surface area (Å²) in [5.41, 5.74) is 1.26. The van der Waals surface area contributed by atoms with Crippen molar-refractivity contribution >= 4 is 22.8 Å². The molecule has 0 unspecified atom stereocenters. The molecule has 0 spiro atoms. The molecule has 1 saturated carbocycles. The van der Waals surface area contributed by atoms with E-state index in [4.69, 9.17) is 0 Å². The van der Waals surface area contributed by atoms with Crippen LogP contribution in [0.1, 0.15) is 36.7 Å². The Labute approximate surface area is 153 Å². The van der Waals surface area contributed by atoms with Crippen molar-refractivity contribution in [3.63, 3.8) is 0 Å². The predicted molar refractivity (Wildman–Crippen MR) is 95.1 cm³/mol. The Balaban J connectivity index is 1.37. The van der Waals surface area contributed by atoms with Crippen molar-refractivity contribution in [3.8, 4) is 0 Å². The molecular formula is C17H18F2N8. The number of H-pyrrole nitrogens is 1. The molecule has 3 aromatic heterocycles. The zero-order valence-electron chi connectivity index (χ0n) is 14.5. The average molecular weight is 372 g/mol. The van der Waals surface area contributed by atoms with E-state index in [1.165, 1.54) is 12.4 Å². The van der Waals surface area contributed by atoms with Crippen LogP contribution in [-0.4, -0.2) is 56.1 Å². The highest BCUT2D eigenvalue weighted by Gasteiger charge is 2.30. The maximum absolute atomic E-state index is 13.2. The molecule has 1 aliphatic heterocycles. The molecule has 5 rings (SSSR count). The fourth-order valence-corrected chi connectivity index (χ4v) is 3.41. The maximum Gasteiger partial charge on any atom is 0.280 e. The Morgan fingerprint density at radius 2 is 1.78 bits per heavy atom. The first-order valence-electron chi connectivity index (χ1n) is 9.00. The highest BCUT2D eigenvalue weighted by atomic mass is 19.3. The van der Waals surface area contributed by atoms with Crippen LogP contribution in [0.5, 0.6) is 0 Å². The molecule has 0 radical (unpaired) electrons. The monoisotopic (exact) mass is 372 g/mol. The summed E-state index contributed by atoms with van der Waals surface area (Å²) in [4.78, 5) is 28.6. The minimum Gasteiger partial charge on any atom is -0.353 e. The lowest BCUT2D eigenvalue weighted by Crippen LogP contribution is -2.47. The third-order valence-corrected chi connectivity index (χ3v) is 5.02. The number of nitrogens with zero attached hydrogens (tertiary/aromatic N) is 7. The summed E-state index contributed by atoms with van der Waals surface area (Å²) in [6.45, 7) is 2.75. The van der Waals surface area contributed by atoms with E-state index in [1.807, 2.05) is 4.90 Å². The van der Waals surface area contributed by atoms with Gasteiger partial charge in [-0.25, -0.2) is 33.7 Å². The normalized spacial score (nSPS) is 17.9. The first-order valence-corrected chi connectivity index (χ1v) is 9.00. The van der Waals surface area contributed by atoms with Crippen molar-refractivity contribution in [1.29, 1.82) is 0 Å². The summed E-state index contributed by atoms with van der Waals surface area (Å²) < 4.78 is 26.5. The van der Waals surface area contributed by atoms with Crippen molar-refractivity contribution in [2.75, 3.05) is 36.0 Å². The Morgan fingerprint density at radius 3 is 2.52 bits per heavy atom. The van der Waals surface area contributed by atoms with Crippen molar-refractivity contribution in [1.82, 2.24) is 29.9 Å². The van der Waals surface area contributed by atoms with Crippen molar-refractivity contribution in [2.45, 2.75) is 25.2 Å². The summed E-state index contributed by atoms with van der Waals surface area (Å²) in [5, 5.41) is 0. The molecule has 0 amide bonds. The number of halogens is 2. The molecule has 140 valence electrons. The van der Waals surface area contributed by atoms with Crippen LogP contribution in [0.4, 0.5) is 20.4 Å². The number of anilines is 2. The van der Waals surface area contributed by atoms with Gasteiger partial charge in [-0.15, -0.1) is 0 Å². The number of aromatic nitrogens is 6. The average Bonchev–Trinajstić information content (AvgIpc) is 3.44. The van der Waals surface area contributed by atoms with E-state index in [-0.39, 0.29) is 11.6 Å². The van der Waals surface area contributed by atoms with Gasteiger partial charge in [0.1, 0.15) is 29.2 Å². The van der Waals surface area contributed by atoms with E-state index >= 15 is 0 Å². The zero-order valence-corrected chi connectivity index (χ0v) is 14.5. The van der Waals surface area contributed by atoms with Gasteiger partial charge in [-0.2, -0.15) is 0 Å². The van der Waals surface area contributed by atoms with Crippen LogP contribution in [0.25, 0.3) is 11.2 Å². The molecule has 8 nitrogen and oxygen atoms in total. The van der Waals surface area contributed by atoms with E-state index in [9.17, 15) is 8.78 Å². The van der Waals surface area contributed by atoms with Crippen LogP contribution < -0.4 is 9.80 Å². The second kappa shape index (κ2) is 6.36. The Kier molecular flexibility index (Phi) is 3.83. The number of imidazole rings is 1. The van der Waals surface area contributed by atoms with Crippen LogP contribution in [0.3, 0.4) is 0 Å². The third kappa shape index (κ3) is 3.04. The van der Waals surface area contributed by atoms with E-state index in [1.54, 1.807) is 6.33 Å². The zero-order chi connectivity index (χ0) is 18.4. The number of rotatable bonds is 4. The van der Waals surface area contributed by atoms with Crippen LogP contribution in [0.15, 0.2) is 18.7 Å². The fraction of sp³-hybridized carbons (Fsp3) is 0.471. The first kappa shape index (κ1) is 16.3. The lowest BCUT2D eigenvalue weighted by Gasteiger charge is -2.36. The largest absolute Gasteiger partial charge is 0.353 e. The molecule has 1 aliphatic carbocycles. The fourth-order valence-electron chi connectivity index (χ4n) is 3.41. The number of nitrogens with one attached hydrogen (secondary N) is 1. The Morgan fingerprint density at radius 1 is 1.00 bits per heavy atom. The van der Waals surface area contributed by atoms with E-state index in [0.29, 0.717) is 43.5 Å². The molecule has 10 heteroatoms. The van der Waals surface area contributed by atoms with Crippen LogP contribution in [-0.2, 0) is 0 Å². The van der Waals surface area contributed by atoms with Gasteiger partial charge in [-0.3, -0.25) is 0 Å². The molecule has 4 heterocycles. The number of fused-ring (bicyclic) bond motifs is 1. The van der Waals surface area contributed by atoms with Crippen molar-refractivity contribution in [3.05, 3.63) is 30.2 Å². The topological polar surface area (TPSA) is 86.7 Å². The lowest BCUT2D eigenvalue weighted by molar-refractivity contribution is 0.145. The summed E-state index contributed by atoms with van der Waals surface area (Å²) in [5.74, 6) is 2.20. The van der Waals surface area contributed by atoms with E-state index in [2.05, 4.69) is 34.8 Å². The summed E-state index contributed by atoms with van der Waals surface area (Å²) in [6.07, 6.45) is 2.49. The van der Waals surface area contributed by atoms with Gasteiger partial charge in [-0.05, 0) is 12.8 Å². The number of piperazine rings is 1. The molecule has 0 bridgehead atoms. The number of aromatic amines is 1. The molecule has 2 aliphatic rings. The minimum absolute atomic E-state index is 0.181. The quantitative estimate of drug-likeness (QED) is 0.752. The van der Waals surface area contributed by atoms with E-state index < -0.39 is 6.43 Å². The Bertz CT molecular complexity index is 942. The van der Waals surface area contributed by atoms with E-state index in [0.717, 1.165) is 24.2 Å². The molecule has 1 N–H and O–H groups in total. The summed E-state index contributed by atoms with van der Waals surface area (Å²) in [7, 11) is 0. The van der Waals surface area contributed by atoms with Gasteiger partial charge in [0.05, 0.1) is 6.33 Å². The smallest absolute Gasteiger partial charge is 0.280 e. The van der Waals surface area contributed by atoms with Gasteiger partial charge >= 0.3 is 0 Å². The highest BCUT2D eigenvalue weighted by molar-refractivity contribution is 5.82. The lowest BCUT2D eigenvalue weighted by atomic mass is 10.2. The highest BCUT2D eigenvalue weighted by Crippen LogP contribution is 2.39. The molecule has 3 aromatic rings. The minimum atomic E-state index is -2.58. The van der Waals surface area contributed by atoms with Gasteiger partial charge in [0.25, 0.3) is 6.43 Å². The van der Waals surface area contributed by atoms with Gasteiger partial charge in [0.2, 0.25) is 0 Å². The van der Waals surface area contributed by atoms with Crippen LogP contribution >= 0.6 is 0 Å². The van der Waals surface area contributed by atoms with Crippen molar-refractivity contribution in [2.24, 2.45) is 0 Å². The molecule has 2 fully saturated rings. The first-order chi connectivity index (χ1) is 13.2. The summed E-state index contributed by atoms with van der Waals surface area (Å²) in [6, 6.07) is 1.42. The number of hydrogen-bond donors (Lipinski definition) is 1. The maximum atomic E-state index is 13.2. The molecule has 1 saturated heterocycles. The Hall–Kier alpha value is -2.91. The molecule has 0 atom stereocenters. The number of alkyl halides is 2. The second-order valence-electron chi connectivity index (χ2n) is 6.86. The molecular weight excluding hydrogens is 354 g/mol. The SMILES string of the molecule is FC(F)c1cc(N2CCN(c3ncnc4nc[nH]c34)CC2)nc(C2CC2)n1. The van der Waals surface area contributed by atoms with Gasteiger partial charge in [0.15, 0.2) is 11.5 Å². The van der Waals surface area contributed by atoms with Crippen LogP contribution in [0.2, 0.25) is 0 Å². The standard InChI is InChI=1S/C17H18F2N8/c18-14(19)11-7-12(25-15(24-11)10-1-2-10)26-3-5-27(6-4-26)17-13-16(21-8-20-13)22-9-23-17/h7-10,14H,1-6H2,(H,20,21,22,23). The molecule has 0 aromatic carbocycles. The second-order valence-corrected chi connectivity index (χ2v) is 6.86. The molecule has 27 heavy (non-hydrogen) atoms. The summed E-state index contributed by atoms with van der Waals surface area (Å²) >= 11 is 0. The van der Waals surface area contributed by atoms with Gasteiger partial charge < -0.3 is 14.8 Å². The third-order valence-electron chi connectivity index (χ3n) is 5.02. The number of hydrogen-bond acceptors (Lipinski definition) is 7. The van der Waals surface area contributed by atoms with Crippen LogP contribution in [0, 0.1) is 0 Å². The van der Waals surface area contributed by atoms with Gasteiger partial charge in [-0.1, -0.05) is 0 Å².